The maximum absolute atomic E-state index is 14.5. The molecule has 0 bridgehead atoms. The summed E-state index contributed by atoms with van der Waals surface area (Å²) in [7, 11) is -4.26. The van der Waals surface area contributed by atoms with Crippen LogP contribution in [0.4, 0.5) is 9.59 Å². The van der Waals surface area contributed by atoms with Crippen LogP contribution < -0.4 is 19.9 Å². The molecule has 3 aliphatic heterocycles. The SMILES string of the molecule is CCCCOC(=O)NCCCCC(C)(C)CN(C[C@@H](O)[C@H](Cc1ccccc1)N(C(=O)[O-])[C@H]1CO[C@H]2OCC[C@H]21)S(=O)(=O)c1ccc2c(c1)OCO2. The maximum Gasteiger partial charge on any atom is 0.407 e. The zero-order chi connectivity index (χ0) is 37.3. The van der Waals surface area contributed by atoms with Crippen molar-refractivity contribution in [1.29, 1.82) is 0 Å². The number of sulfonamides is 1. The molecule has 288 valence electrons. The van der Waals surface area contributed by atoms with Crippen molar-refractivity contribution < 1.29 is 51.9 Å². The van der Waals surface area contributed by atoms with E-state index in [2.05, 4.69) is 5.32 Å². The molecule has 0 unspecified atom stereocenters. The second kappa shape index (κ2) is 17.9. The highest BCUT2D eigenvalue weighted by Gasteiger charge is 2.47. The van der Waals surface area contributed by atoms with Crippen molar-refractivity contribution in [2.45, 2.75) is 95.1 Å². The van der Waals surface area contributed by atoms with Gasteiger partial charge in [-0.25, -0.2) is 13.2 Å². The van der Waals surface area contributed by atoms with E-state index in [0.29, 0.717) is 56.9 Å². The van der Waals surface area contributed by atoms with Gasteiger partial charge in [-0.2, -0.15) is 4.31 Å². The number of rotatable bonds is 19. The lowest BCUT2D eigenvalue weighted by atomic mass is 9.87. The molecule has 2 aromatic carbocycles. The van der Waals surface area contributed by atoms with Crippen molar-refractivity contribution in [3.63, 3.8) is 0 Å². The summed E-state index contributed by atoms with van der Waals surface area (Å²) >= 11 is 0. The summed E-state index contributed by atoms with van der Waals surface area (Å²) < 4.78 is 57.7. The zero-order valence-electron chi connectivity index (χ0n) is 30.2. The van der Waals surface area contributed by atoms with Gasteiger partial charge in [0.25, 0.3) is 0 Å². The first-order valence-electron chi connectivity index (χ1n) is 18.1. The monoisotopic (exact) mass is 746 g/mol. The Kier molecular flexibility index (Phi) is 13.6. The van der Waals surface area contributed by atoms with Gasteiger partial charge in [0, 0.05) is 31.6 Å². The number of benzene rings is 2. The minimum Gasteiger partial charge on any atom is -0.530 e. The number of fused-ring (bicyclic) bond motifs is 2. The van der Waals surface area contributed by atoms with Crippen LogP contribution in [0, 0.1) is 11.3 Å². The smallest absolute Gasteiger partial charge is 0.407 e. The summed E-state index contributed by atoms with van der Waals surface area (Å²) in [5.74, 6) is 0.471. The van der Waals surface area contributed by atoms with Gasteiger partial charge in [0.1, 0.15) is 6.09 Å². The maximum atomic E-state index is 14.5. The average molecular weight is 747 g/mol. The predicted octanol–water partition coefficient (Wildman–Crippen LogP) is 3.51. The minimum atomic E-state index is -4.26. The summed E-state index contributed by atoms with van der Waals surface area (Å²) in [5, 5.41) is 27.8. The number of amides is 2. The number of carboxylic acid groups (broad SMARTS) is 1. The van der Waals surface area contributed by atoms with E-state index < -0.39 is 58.6 Å². The predicted molar refractivity (Wildman–Crippen MR) is 188 cm³/mol. The van der Waals surface area contributed by atoms with Gasteiger partial charge in [0.05, 0.1) is 42.9 Å². The fraction of sp³-hybridized carbons (Fsp3) is 0.622. The van der Waals surface area contributed by atoms with Crippen LogP contribution in [-0.2, 0) is 30.7 Å². The van der Waals surface area contributed by atoms with Crippen LogP contribution in [0.1, 0.15) is 64.9 Å². The lowest BCUT2D eigenvalue weighted by Gasteiger charge is -2.43. The van der Waals surface area contributed by atoms with Crippen molar-refractivity contribution in [2.75, 3.05) is 46.2 Å². The van der Waals surface area contributed by atoms with E-state index in [1.807, 2.05) is 51.1 Å². The van der Waals surface area contributed by atoms with E-state index in [0.717, 1.165) is 23.3 Å². The van der Waals surface area contributed by atoms with E-state index in [9.17, 15) is 28.2 Å². The van der Waals surface area contributed by atoms with Crippen LogP contribution in [0.2, 0.25) is 0 Å². The highest BCUT2D eigenvalue weighted by atomic mass is 32.2. The quantitative estimate of drug-likeness (QED) is 0.201. The van der Waals surface area contributed by atoms with Crippen LogP contribution in [0.5, 0.6) is 11.5 Å². The number of nitrogens with one attached hydrogen (secondary N) is 1. The number of hydrogen-bond acceptors (Lipinski definition) is 11. The number of alkyl carbamates (subject to hydrolysis) is 1. The molecule has 2 aromatic rings. The van der Waals surface area contributed by atoms with E-state index in [1.54, 1.807) is 0 Å². The third kappa shape index (κ3) is 10.1. The first kappa shape index (κ1) is 39.6. The summed E-state index contributed by atoms with van der Waals surface area (Å²) in [5.41, 5.74) is 0.186. The molecule has 2 fully saturated rings. The van der Waals surface area contributed by atoms with Gasteiger partial charge in [-0.15, -0.1) is 0 Å². The molecule has 3 aliphatic rings. The molecule has 0 radical (unpaired) electrons. The third-order valence-corrected chi connectivity index (χ3v) is 11.7. The van der Waals surface area contributed by atoms with Crippen molar-refractivity contribution in [2.24, 2.45) is 11.3 Å². The van der Waals surface area contributed by atoms with Gasteiger partial charge >= 0.3 is 6.09 Å². The van der Waals surface area contributed by atoms with Crippen LogP contribution in [0.15, 0.2) is 53.4 Å². The molecule has 3 heterocycles. The second-order valence-corrected chi connectivity index (χ2v) is 16.4. The highest BCUT2D eigenvalue weighted by Crippen LogP contribution is 2.38. The van der Waals surface area contributed by atoms with E-state index in [4.69, 9.17) is 23.7 Å². The summed E-state index contributed by atoms with van der Waals surface area (Å²) in [6.45, 7) is 6.76. The number of aliphatic hydroxyl groups is 1. The van der Waals surface area contributed by atoms with Crippen LogP contribution in [0.3, 0.4) is 0 Å². The molecule has 5 atom stereocenters. The Bertz CT molecular complexity index is 1590. The Labute approximate surface area is 306 Å². The van der Waals surface area contributed by atoms with Crippen molar-refractivity contribution in [3.8, 4) is 11.5 Å². The summed E-state index contributed by atoms with van der Waals surface area (Å²) in [6.07, 6.45) is 0.413. The average Bonchev–Trinajstić information content (AvgIpc) is 3.86. The van der Waals surface area contributed by atoms with Crippen LogP contribution in [-0.4, -0.2) is 106 Å². The second-order valence-electron chi connectivity index (χ2n) is 14.4. The topological polar surface area (TPSA) is 176 Å². The molecular formula is C37H52N3O11S-. The van der Waals surface area contributed by atoms with Crippen molar-refractivity contribution >= 4 is 22.2 Å². The molecule has 0 spiro atoms. The molecule has 14 nitrogen and oxygen atoms in total. The van der Waals surface area contributed by atoms with Gasteiger partial charge in [-0.3, -0.25) is 0 Å². The number of carbonyl (C=O) groups excluding carboxylic acids is 2. The van der Waals surface area contributed by atoms with E-state index in [1.165, 1.54) is 22.5 Å². The molecule has 5 rings (SSSR count). The van der Waals surface area contributed by atoms with Crippen LogP contribution >= 0.6 is 0 Å². The largest absolute Gasteiger partial charge is 0.530 e. The van der Waals surface area contributed by atoms with Gasteiger partial charge in [-0.1, -0.05) is 63.9 Å². The van der Waals surface area contributed by atoms with Crippen LogP contribution in [0.25, 0.3) is 0 Å². The van der Waals surface area contributed by atoms with Gasteiger partial charge in [0.2, 0.25) is 16.8 Å². The highest BCUT2D eigenvalue weighted by molar-refractivity contribution is 7.89. The number of aliphatic hydroxyl groups excluding tert-OH is 1. The molecule has 0 saturated carbocycles. The minimum absolute atomic E-state index is 0.0157. The first-order valence-corrected chi connectivity index (χ1v) is 19.6. The number of hydrogen-bond donors (Lipinski definition) is 2. The van der Waals surface area contributed by atoms with Crippen molar-refractivity contribution in [3.05, 3.63) is 54.1 Å². The van der Waals surface area contributed by atoms with E-state index >= 15 is 0 Å². The summed E-state index contributed by atoms with van der Waals surface area (Å²) in [6, 6.07) is 11.8. The Balaban J connectivity index is 1.38. The van der Waals surface area contributed by atoms with E-state index in [-0.39, 0.29) is 37.2 Å². The van der Waals surface area contributed by atoms with Gasteiger partial charge < -0.3 is 48.9 Å². The molecule has 2 saturated heterocycles. The number of ether oxygens (including phenoxy) is 5. The zero-order valence-corrected chi connectivity index (χ0v) is 31.1. The fourth-order valence-corrected chi connectivity index (χ4v) is 8.78. The third-order valence-electron chi connectivity index (χ3n) is 9.92. The number of unbranched alkanes of at least 4 members (excludes halogenated alkanes) is 2. The molecule has 0 aromatic heterocycles. The molecule has 2 amide bonds. The molecule has 2 N–H and O–H groups in total. The Morgan fingerprint density at radius 1 is 1.08 bits per heavy atom. The lowest BCUT2D eigenvalue weighted by molar-refractivity contribution is -0.273. The van der Waals surface area contributed by atoms with Gasteiger partial charge in [-0.05, 0) is 55.2 Å². The Hall–Kier alpha value is -3.63. The number of carbonyl (C=O) groups is 2. The molecule has 0 aliphatic carbocycles. The Morgan fingerprint density at radius 3 is 2.60 bits per heavy atom. The first-order chi connectivity index (χ1) is 24.9. The molecule has 52 heavy (non-hydrogen) atoms. The fourth-order valence-electron chi connectivity index (χ4n) is 7.12. The molecule has 15 heteroatoms. The molecular weight excluding hydrogens is 694 g/mol. The normalized spacial score (nSPS) is 20.8. The lowest BCUT2D eigenvalue weighted by Crippen LogP contribution is -2.61. The summed E-state index contributed by atoms with van der Waals surface area (Å²) in [4.78, 5) is 26.0. The standard InChI is InChI=1S/C37H53N3O11S/c1-4-5-18-48-35(42)38-17-10-9-16-37(2,3)24-39(52(45,46)27-13-14-32-33(21-27)51-25-50-32)22-31(41)29(20-26-11-7-6-8-12-26)40(36(43)44)30-23-49-34-28(30)15-19-47-34/h6-8,11-14,21,28-31,34,41H,4-5,9-10,15-20,22-25H2,1-3H3,(H,38,42)(H,43,44)/p-1/t28-,29-,30-,31+,34+/m0/s1. The Morgan fingerprint density at radius 2 is 1.85 bits per heavy atom. The van der Waals surface area contributed by atoms with Crippen molar-refractivity contribution in [1.82, 2.24) is 14.5 Å². The van der Waals surface area contributed by atoms with Gasteiger partial charge in [0.15, 0.2) is 17.8 Å². The number of nitrogens with zero attached hydrogens (tertiary/aromatic N) is 2.